The summed E-state index contributed by atoms with van der Waals surface area (Å²) in [6, 6.07) is 16.5. The molecule has 0 unspecified atom stereocenters. The van der Waals surface area contributed by atoms with Crippen LogP contribution in [0.5, 0.6) is 0 Å². The van der Waals surface area contributed by atoms with Crippen LogP contribution in [0.15, 0.2) is 59.1 Å². The van der Waals surface area contributed by atoms with Crippen molar-refractivity contribution in [1.29, 1.82) is 0 Å². The number of nitrogen functional groups attached to an aromatic ring is 1. The summed E-state index contributed by atoms with van der Waals surface area (Å²) in [5.74, 6) is 0.893. The average Bonchev–Trinajstić information content (AvgIpc) is 3.52. The van der Waals surface area contributed by atoms with Gasteiger partial charge in [0, 0.05) is 30.3 Å². The van der Waals surface area contributed by atoms with Gasteiger partial charge in [-0.05, 0) is 31.0 Å². The first-order chi connectivity index (χ1) is 15.7. The summed E-state index contributed by atoms with van der Waals surface area (Å²) in [7, 11) is 0. The number of rotatable bonds is 6. The standard InChI is InChI=1S/C24H24N6O2/c1-15-2-6-17(7-3-15)20-13-27-22(25)21(28-20)24-30-29-23(32-24)18-8-4-16(5-9-18)12-26-19-10-11-31-14-19/h2-9,13,19,26H,10-12,14H2,1H3,(H2,25,27)/t19-/m0/s1. The summed E-state index contributed by atoms with van der Waals surface area (Å²) < 4.78 is 11.3. The molecule has 8 nitrogen and oxygen atoms in total. The molecule has 3 N–H and O–H groups in total. The molecule has 2 aromatic carbocycles. The fourth-order valence-corrected chi connectivity index (χ4v) is 3.58. The van der Waals surface area contributed by atoms with Crippen molar-refractivity contribution in [3.8, 4) is 34.3 Å². The Balaban J connectivity index is 1.34. The first-order valence-corrected chi connectivity index (χ1v) is 10.6. The fourth-order valence-electron chi connectivity index (χ4n) is 3.58. The van der Waals surface area contributed by atoms with Crippen molar-refractivity contribution < 1.29 is 9.15 Å². The molecule has 1 saturated heterocycles. The van der Waals surface area contributed by atoms with Gasteiger partial charge in [0.05, 0.1) is 18.5 Å². The normalized spacial score (nSPS) is 15.8. The first kappa shape index (κ1) is 20.3. The molecule has 0 saturated carbocycles. The van der Waals surface area contributed by atoms with Gasteiger partial charge in [-0.1, -0.05) is 42.0 Å². The maximum Gasteiger partial charge on any atom is 0.270 e. The Hall–Kier alpha value is -3.62. The highest BCUT2D eigenvalue weighted by atomic mass is 16.5. The van der Waals surface area contributed by atoms with Crippen LogP contribution in [0.25, 0.3) is 34.3 Å². The van der Waals surface area contributed by atoms with Crippen LogP contribution in [0.3, 0.4) is 0 Å². The topological polar surface area (TPSA) is 112 Å². The van der Waals surface area contributed by atoms with Crippen molar-refractivity contribution in [3.05, 3.63) is 65.9 Å². The number of ether oxygens (including phenoxy) is 1. The Morgan fingerprint density at radius 3 is 2.50 bits per heavy atom. The summed E-state index contributed by atoms with van der Waals surface area (Å²) in [5.41, 5.74) is 11.3. The van der Waals surface area contributed by atoms with Crippen LogP contribution in [-0.2, 0) is 11.3 Å². The smallest absolute Gasteiger partial charge is 0.270 e. The Morgan fingerprint density at radius 2 is 1.75 bits per heavy atom. The third kappa shape index (κ3) is 4.37. The van der Waals surface area contributed by atoms with Gasteiger partial charge < -0.3 is 20.2 Å². The summed E-state index contributed by atoms with van der Waals surface area (Å²) >= 11 is 0. The number of anilines is 1. The number of nitrogens with two attached hydrogens (primary N) is 1. The lowest BCUT2D eigenvalue weighted by molar-refractivity contribution is 0.190. The molecule has 8 heteroatoms. The van der Waals surface area contributed by atoms with Crippen molar-refractivity contribution in [2.24, 2.45) is 0 Å². The van der Waals surface area contributed by atoms with Crippen molar-refractivity contribution in [3.63, 3.8) is 0 Å². The lowest BCUT2D eigenvalue weighted by Crippen LogP contribution is -2.28. The maximum absolute atomic E-state index is 6.06. The maximum atomic E-state index is 6.06. The molecule has 1 aliphatic rings. The van der Waals surface area contributed by atoms with E-state index in [2.05, 4.69) is 25.5 Å². The van der Waals surface area contributed by atoms with Crippen molar-refractivity contribution >= 4 is 5.82 Å². The molecule has 2 aromatic heterocycles. The number of hydrogen-bond donors (Lipinski definition) is 2. The monoisotopic (exact) mass is 428 g/mol. The first-order valence-electron chi connectivity index (χ1n) is 10.6. The minimum absolute atomic E-state index is 0.242. The van der Waals surface area contributed by atoms with Crippen LogP contribution in [0, 0.1) is 6.92 Å². The van der Waals surface area contributed by atoms with E-state index in [0.29, 0.717) is 23.3 Å². The molecule has 162 valence electrons. The molecule has 0 amide bonds. The Kier molecular flexibility index (Phi) is 5.62. The fraction of sp³-hybridized carbons (Fsp3) is 0.250. The van der Waals surface area contributed by atoms with Crippen molar-refractivity contribution in [2.45, 2.75) is 25.9 Å². The quantitative estimate of drug-likeness (QED) is 0.479. The number of aromatic nitrogens is 4. The van der Waals surface area contributed by atoms with Crippen LogP contribution in [0.1, 0.15) is 17.5 Å². The predicted octanol–water partition coefficient (Wildman–Crippen LogP) is 3.63. The van der Waals surface area contributed by atoms with E-state index in [1.54, 1.807) is 6.20 Å². The Bertz CT molecular complexity index is 1200. The van der Waals surface area contributed by atoms with Gasteiger partial charge in [-0.2, -0.15) is 0 Å². The summed E-state index contributed by atoms with van der Waals surface area (Å²) in [6.45, 7) is 4.44. The molecule has 1 fully saturated rings. The highest BCUT2D eigenvalue weighted by Crippen LogP contribution is 2.28. The van der Waals surface area contributed by atoms with Crippen LogP contribution in [-0.4, -0.2) is 39.4 Å². The van der Waals surface area contributed by atoms with Gasteiger partial charge in [0.1, 0.15) is 0 Å². The zero-order valence-corrected chi connectivity index (χ0v) is 17.8. The molecule has 0 spiro atoms. The molecule has 32 heavy (non-hydrogen) atoms. The largest absolute Gasteiger partial charge is 0.414 e. The van der Waals surface area contributed by atoms with Crippen LogP contribution >= 0.6 is 0 Å². The van der Waals surface area contributed by atoms with E-state index < -0.39 is 0 Å². The molecule has 0 aliphatic carbocycles. The van der Waals surface area contributed by atoms with Crippen molar-refractivity contribution in [1.82, 2.24) is 25.5 Å². The molecule has 5 rings (SSSR count). The van der Waals surface area contributed by atoms with E-state index in [9.17, 15) is 0 Å². The third-order valence-electron chi connectivity index (χ3n) is 5.50. The van der Waals surface area contributed by atoms with Crippen LogP contribution in [0.2, 0.25) is 0 Å². The number of hydrogen-bond acceptors (Lipinski definition) is 8. The van der Waals surface area contributed by atoms with E-state index in [1.165, 1.54) is 11.1 Å². The van der Waals surface area contributed by atoms with Gasteiger partial charge in [0.25, 0.3) is 5.89 Å². The zero-order valence-electron chi connectivity index (χ0n) is 17.8. The molecule has 1 atom stereocenters. The lowest BCUT2D eigenvalue weighted by atomic mass is 10.1. The molecule has 3 heterocycles. The number of benzene rings is 2. The third-order valence-corrected chi connectivity index (χ3v) is 5.50. The van der Waals surface area contributed by atoms with Gasteiger partial charge in [-0.25, -0.2) is 9.97 Å². The van der Waals surface area contributed by atoms with Crippen LogP contribution in [0.4, 0.5) is 5.82 Å². The minimum Gasteiger partial charge on any atom is -0.414 e. The van der Waals surface area contributed by atoms with E-state index >= 15 is 0 Å². The van der Waals surface area contributed by atoms with Gasteiger partial charge in [-0.3, -0.25) is 0 Å². The van der Waals surface area contributed by atoms with Gasteiger partial charge in [-0.15, -0.1) is 10.2 Å². The minimum atomic E-state index is 0.242. The van der Waals surface area contributed by atoms with E-state index in [0.717, 1.165) is 37.3 Å². The van der Waals surface area contributed by atoms with Gasteiger partial charge >= 0.3 is 0 Å². The number of nitrogens with one attached hydrogen (secondary N) is 1. The average molecular weight is 428 g/mol. The second-order valence-electron chi connectivity index (χ2n) is 7.91. The summed E-state index contributed by atoms with van der Waals surface area (Å²) in [4.78, 5) is 8.90. The zero-order chi connectivity index (χ0) is 21.9. The Morgan fingerprint density at radius 1 is 1.00 bits per heavy atom. The van der Waals surface area contributed by atoms with E-state index in [4.69, 9.17) is 14.9 Å². The Labute approximate surface area is 185 Å². The molecule has 0 bridgehead atoms. The number of aryl methyl sites for hydroxylation is 1. The summed E-state index contributed by atoms with van der Waals surface area (Å²) in [5, 5.41) is 11.8. The lowest BCUT2D eigenvalue weighted by Gasteiger charge is -2.10. The predicted molar refractivity (Wildman–Crippen MR) is 121 cm³/mol. The molecule has 4 aromatic rings. The van der Waals surface area contributed by atoms with Crippen molar-refractivity contribution in [2.75, 3.05) is 18.9 Å². The van der Waals surface area contributed by atoms with E-state index in [-0.39, 0.29) is 11.7 Å². The highest BCUT2D eigenvalue weighted by Gasteiger charge is 2.17. The van der Waals surface area contributed by atoms with E-state index in [1.807, 2.05) is 55.5 Å². The van der Waals surface area contributed by atoms with Gasteiger partial charge in [0.2, 0.25) is 5.89 Å². The molecule has 1 aliphatic heterocycles. The second kappa shape index (κ2) is 8.86. The van der Waals surface area contributed by atoms with Gasteiger partial charge in [0.15, 0.2) is 11.5 Å². The highest BCUT2D eigenvalue weighted by molar-refractivity contribution is 5.68. The summed E-state index contributed by atoms with van der Waals surface area (Å²) in [6.07, 6.45) is 2.70. The molecular formula is C24H24N6O2. The second-order valence-corrected chi connectivity index (χ2v) is 7.91. The molecular weight excluding hydrogens is 404 g/mol. The number of nitrogens with zero attached hydrogens (tertiary/aromatic N) is 4. The SMILES string of the molecule is Cc1ccc(-c2cnc(N)c(-c3nnc(-c4ccc(CN[C@H]5CCOC5)cc4)o3)n2)cc1. The van der Waals surface area contributed by atoms with Crippen LogP contribution < -0.4 is 11.1 Å². The molecule has 0 radical (unpaired) electrons.